The molecule has 1 aliphatic heterocycles. The van der Waals surface area contributed by atoms with E-state index in [1.54, 1.807) is 0 Å². The molecule has 0 aromatic heterocycles. The molecule has 5 rings (SSSR count). The van der Waals surface area contributed by atoms with Crippen LogP contribution < -0.4 is 5.32 Å². The van der Waals surface area contributed by atoms with Crippen molar-refractivity contribution < 1.29 is 0 Å². The molecule has 3 aromatic rings. The van der Waals surface area contributed by atoms with Crippen LogP contribution in [-0.4, -0.2) is 0 Å². The van der Waals surface area contributed by atoms with E-state index in [1.165, 1.54) is 16.3 Å². The van der Waals surface area contributed by atoms with Crippen molar-refractivity contribution in [3.63, 3.8) is 0 Å². The molecule has 25 heavy (non-hydrogen) atoms. The summed E-state index contributed by atoms with van der Waals surface area (Å²) >= 11 is 13.1. The SMILES string of the molecule is Clc1ccc(Cl)c2c1N[C@@H](c1cccc3ccccc13)[C@H]1CC=C[C@@H]21. The van der Waals surface area contributed by atoms with Crippen molar-refractivity contribution in [1.82, 2.24) is 0 Å². The highest BCUT2D eigenvalue weighted by Crippen LogP contribution is 2.54. The lowest BCUT2D eigenvalue weighted by Crippen LogP contribution is -2.29. The number of hydrogen-bond acceptors (Lipinski definition) is 1. The van der Waals surface area contributed by atoms with Gasteiger partial charge in [-0.15, -0.1) is 0 Å². The van der Waals surface area contributed by atoms with Gasteiger partial charge in [0.05, 0.1) is 16.8 Å². The number of allylic oxidation sites excluding steroid dienone is 2. The number of hydrogen-bond donors (Lipinski definition) is 1. The Morgan fingerprint density at radius 1 is 0.880 bits per heavy atom. The Bertz CT molecular complexity index is 1000. The standard InChI is InChI=1S/C22H17Cl2N/c23-18-11-12-19(24)22-20(18)15-8-4-10-17(15)21(25-22)16-9-3-6-13-5-1-2-7-14(13)16/h1-9,11-12,15,17,21,25H,10H2/t15-,17+,21+/m1/s1. The maximum absolute atomic E-state index is 6.54. The van der Waals surface area contributed by atoms with Gasteiger partial charge in [0, 0.05) is 16.5 Å². The van der Waals surface area contributed by atoms with Gasteiger partial charge in [-0.3, -0.25) is 0 Å². The minimum atomic E-state index is 0.217. The molecule has 1 heterocycles. The first-order valence-electron chi connectivity index (χ1n) is 8.63. The fourth-order valence-electron chi connectivity index (χ4n) is 4.46. The van der Waals surface area contributed by atoms with E-state index in [-0.39, 0.29) is 6.04 Å². The highest BCUT2D eigenvalue weighted by molar-refractivity contribution is 6.36. The molecule has 3 atom stereocenters. The Morgan fingerprint density at radius 3 is 2.60 bits per heavy atom. The second-order valence-electron chi connectivity index (χ2n) is 6.86. The molecular weight excluding hydrogens is 349 g/mol. The normalized spacial score (nSPS) is 24.0. The van der Waals surface area contributed by atoms with E-state index in [0.717, 1.165) is 27.7 Å². The Morgan fingerprint density at radius 2 is 1.68 bits per heavy atom. The third-order valence-corrected chi connectivity index (χ3v) is 6.22. The van der Waals surface area contributed by atoms with Gasteiger partial charge in [-0.1, -0.05) is 77.8 Å². The molecule has 0 unspecified atom stereocenters. The number of fused-ring (bicyclic) bond motifs is 4. The first-order chi connectivity index (χ1) is 12.2. The molecule has 3 aromatic carbocycles. The largest absolute Gasteiger partial charge is 0.376 e. The number of nitrogens with one attached hydrogen (secondary N) is 1. The topological polar surface area (TPSA) is 12.0 Å². The zero-order chi connectivity index (χ0) is 17.0. The molecule has 0 saturated carbocycles. The fourth-order valence-corrected chi connectivity index (χ4v) is 4.96. The summed E-state index contributed by atoms with van der Waals surface area (Å²) in [5.74, 6) is 0.765. The zero-order valence-corrected chi connectivity index (χ0v) is 15.1. The number of halogens is 2. The van der Waals surface area contributed by atoms with Crippen molar-refractivity contribution in [3.8, 4) is 0 Å². The first-order valence-corrected chi connectivity index (χ1v) is 9.38. The van der Waals surface area contributed by atoms with Gasteiger partial charge in [-0.2, -0.15) is 0 Å². The second-order valence-corrected chi connectivity index (χ2v) is 7.68. The van der Waals surface area contributed by atoms with Crippen LogP contribution in [0.3, 0.4) is 0 Å². The lowest BCUT2D eigenvalue weighted by Gasteiger charge is -2.38. The molecule has 1 N–H and O–H groups in total. The molecule has 1 nitrogen and oxygen atoms in total. The Balaban J connectivity index is 1.72. The lowest BCUT2D eigenvalue weighted by atomic mass is 9.76. The summed E-state index contributed by atoms with van der Waals surface area (Å²) in [6, 6.07) is 19.1. The lowest BCUT2D eigenvalue weighted by molar-refractivity contribution is 0.427. The van der Waals surface area contributed by atoms with Crippen LogP contribution in [0.1, 0.15) is 29.5 Å². The summed E-state index contributed by atoms with van der Waals surface area (Å²) in [6.45, 7) is 0. The van der Waals surface area contributed by atoms with Crippen molar-refractivity contribution in [1.29, 1.82) is 0 Å². The van der Waals surface area contributed by atoms with E-state index in [2.05, 4.69) is 59.9 Å². The van der Waals surface area contributed by atoms with E-state index < -0.39 is 0 Å². The van der Waals surface area contributed by atoms with E-state index in [1.807, 2.05) is 12.1 Å². The molecule has 124 valence electrons. The molecule has 2 aliphatic rings. The maximum Gasteiger partial charge on any atom is 0.0641 e. The molecule has 0 radical (unpaired) electrons. The summed E-state index contributed by atoms with van der Waals surface area (Å²) in [4.78, 5) is 0. The second kappa shape index (κ2) is 5.79. The van der Waals surface area contributed by atoms with Crippen molar-refractivity contribution in [2.75, 3.05) is 5.32 Å². The van der Waals surface area contributed by atoms with Gasteiger partial charge in [0.1, 0.15) is 0 Å². The van der Waals surface area contributed by atoms with Crippen LogP contribution in [0.5, 0.6) is 0 Å². The average molecular weight is 366 g/mol. The first kappa shape index (κ1) is 15.3. The third kappa shape index (κ3) is 2.30. The fraction of sp³-hybridized carbons (Fsp3) is 0.182. The molecule has 0 amide bonds. The molecule has 0 fully saturated rings. The summed E-state index contributed by atoms with van der Waals surface area (Å²) in [5.41, 5.74) is 3.46. The minimum absolute atomic E-state index is 0.217. The highest BCUT2D eigenvalue weighted by Gasteiger charge is 2.40. The van der Waals surface area contributed by atoms with Crippen LogP contribution in [0.2, 0.25) is 10.0 Å². The molecule has 0 spiro atoms. The van der Waals surface area contributed by atoms with Crippen LogP contribution in [-0.2, 0) is 0 Å². The highest BCUT2D eigenvalue weighted by atomic mass is 35.5. The number of anilines is 1. The Kier molecular flexibility index (Phi) is 3.55. The predicted octanol–water partition coefficient (Wildman–Crippen LogP) is 6.97. The molecule has 0 bridgehead atoms. The quantitative estimate of drug-likeness (QED) is 0.459. The van der Waals surface area contributed by atoms with Gasteiger partial charge in [0.2, 0.25) is 0 Å². The van der Waals surface area contributed by atoms with Gasteiger partial charge in [0.25, 0.3) is 0 Å². The van der Waals surface area contributed by atoms with Gasteiger partial charge in [-0.05, 0) is 40.8 Å². The van der Waals surface area contributed by atoms with Crippen molar-refractivity contribution in [2.45, 2.75) is 18.4 Å². The summed E-state index contributed by atoms with van der Waals surface area (Å²) in [5, 5.41) is 7.84. The van der Waals surface area contributed by atoms with Gasteiger partial charge in [-0.25, -0.2) is 0 Å². The summed E-state index contributed by atoms with van der Waals surface area (Å²) in [6.07, 6.45) is 5.62. The smallest absolute Gasteiger partial charge is 0.0641 e. The van der Waals surface area contributed by atoms with Crippen molar-refractivity contribution in [3.05, 3.63) is 87.9 Å². The molecule has 0 saturated heterocycles. The van der Waals surface area contributed by atoms with E-state index in [0.29, 0.717) is 11.8 Å². The van der Waals surface area contributed by atoms with Crippen LogP contribution in [0.15, 0.2) is 66.7 Å². The van der Waals surface area contributed by atoms with Crippen molar-refractivity contribution >= 4 is 39.7 Å². The number of benzene rings is 3. The monoisotopic (exact) mass is 365 g/mol. The molecule has 3 heteroatoms. The van der Waals surface area contributed by atoms with Crippen molar-refractivity contribution in [2.24, 2.45) is 5.92 Å². The minimum Gasteiger partial charge on any atom is -0.376 e. The van der Waals surface area contributed by atoms with E-state index >= 15 is 0 Å². The summed E-state index contributed by atoms with van der Waals surface area (Å²) in [7, 11) is 0. The average Bonchev–Trinajstić information content (AvgIpc) is 3.13. The number of rotatable bonds is 1. The zero-order valence-electron chi connectivity index (χ0n) is 13.5. The third-order valence-electron chi connectivity index (χ3n) is 5.57. The maximum atomic E-state index is 6.54. The van der Waals surface area contributed by atoms with Crippen LogP contribution in [0.4, 0.5) is 5.69 Å². The predicted molar refractivity (Wildman–Crippen MR) is 107 cm³/mol. The Labute approximate surface area is 157 Å². The van der Waals surface area contributed by atoms with Crippen LogP contribution in [0.25, 0.3) is 10.8 Å². The van der Waals surface area contributed by atoms with Crippen LogP contribution in [0, 0.1) is 5.92 Å². The van der Waals surface area contributed by atoms with E-state index in [9.17, 15) is 0 Å². The van der Waals surface area contributed by atoms with Gasteiger partial charge in [0.15, 0.2) is 0 Å². The molecular formula is C22H17Cl2N. The summed E-state index contributed by atoms with van der Waals surface area (Å²) < 4.78 is 0. The van der Waals surface area contributed by atoms with Gasteiger partial charge >= 0.3 is 0 Å². The van der Waals surface area contributed by atoms with E-state index in [4.69, 9.17) is 23.2 Å². The van der Waals surface area contributed by atoms with Crippen LogP contribution >= 0.6 is 23.2 Å². The van der Waals surface area contributed by atoms with Gasteiger partial charge < -0.3 is 5.32 Å². The Hall–Kier alpha value is -1.96. The molecule has 1 aliphatic carbocycles.